The Bertz CT molecular complexity index is 1120. The molecule has 0 saturated carbocycles. The maximum Gasteiger partial charge on any atom is 0.214 e. The van der Waals surface area contributed by atoms with Crippen LogP contribution in [0.2, 0.25) is 0 Å². The quantitative estimate of drug-likeness (QED) is 0.681. The van der Waals surface area contributed by atoms with E-state index in [9.17, 15) is 8.42 Å². The number of sulfonamides is 1. The van der Waals surface area contributed by atoms with Crippen LogP contribution in [0.3, 0.4) is 0 Å². The van der Waals surface area contributed by atoms with E-state index in [0.717, 1.165) is 16.6 Å². The molecule has 0 spiro atoms. The van der Waals surface area contributed by atoms with Crippen LogP contribution in [0, 0.1) is 0 Å². The largest absolute Gasteiger partial charge is 0.382 e. The minimum atomic E-state index is -3.19. The number of aromatic amines is 1. The highest BCUT2D eigenvalue weighted by atomic mass is 32.2. The number of para-hydroxylation sites is 2. The minimum absolute atomic E-state index is 0.175. The van der Waals surface area contributed by atoms with Gasteiger partial charge in [-0.25, -0.2) is 23.4 Å². The van der Waals surface area contributed by atoms with Crippen molar-refractivity contribution in [1.82, 2.24) is 24.2 Å². The highest BCUT2D eigenvalue weighted by molar-refractivity contribution is 7.89. The van der Waals surface area contributed by atoms with Crippen molar-refractivity contribution in [3.63, 3.8) is 0 Å². The Balaban J connectivity index is 1.63. The number of fused-ring (bicyclic) bond motifs is 1. The first-order valence-electron chi connectivity index (χ1n) is 9.23. The summed E-state index contributed by atoms with van der Waals surface area (Å²) >= 11 is 0. The number of nitrogens with zero attached hydrogens (tertiary/aromatic N) is 4. The molecule has 3 aromatic rings. The van der Waals surface area contributed by atoms with Crippen LogP contribution in [-0.4, -0.2) is 51.5 Å². The van der Waals surface area contributed by atoms with Crippen molar-refractivity contribution >= 4 is 32.4 Å². The van der Waals surface area contributed by atoms with Gasteiger partial charge in [-0.05, 0) is 30.5 Å². The molecule has 3 heterocycles. The van der Waals surface area contributed by atoms with E-state index < -0.39 is 10.0 Å². The first kappa shape index (κ1) is 18.6. The monoisotopic (exact) mass is 398 g/mol. The number of H-pyrrole nitrogens is 1. The summed E-state index contributed by atoms with van der Waals surface area (Å²) in [6, 6.07) is 7.70. The molecule has 1 aliphatic heterocycles. The standard InChI is InChI=1S/C19H22N6O2S/c1-2-11-28(26,27)25-9-7-13(8-10-25)16-12-21-18(20)17(22-16)19-23-14-5-3-4-6-15(14)24-19/h3-7,12H,2,8-11H2,1H3,(H2,20,21)(H,23,24). The lowest BCUT2D eigenvalue weighted by Crippen LogP contribution is -2.36. The molecule has 0 amide bonds. The van der Waals surface area contributed by atoms with Crippen LogP contribution in [0.15, 0.2) is 36.5 Å². The second kappa shape index (κ2) is 7.33. The Morgan fingerprint density at radius 3 is 2.79 bits per heavy atom. The predicted molar refractivity (Wildman–Crippen MR) is 110 cm³/mol. The van der Waals surface area contributed by atoms with Gasteiger partial charge in [-0.3, -0.25) is 0 Å². The zero-order valence-electron chi connectivity index (χ0n) is 15.6. The third-order valence-electron chi connectivity index (χ3n) is 4.77. The molecule has 0 fully saturated rings. The molecule has 0 unspecified atom stereocenters. The molecule has 0 aliphatic carbocycles. The topological polar surface area (TPSA) is 118 Å². The lowest BCUT2D eigenvalue weighted by Gasteiger charge is -2.25. The summed E-state index contributed by atoms with van der Waals surface area (Å²) in [6.45, 7) is 2.66. The first-order valence-corrected chi connectivity index (χ1v) is 10.8. The molecule has 9 heteroatoms. The molecule has 8 nitrogen and oxygen atoms in total. The summed E-state index contributed by atoms with van der Waals surface area (Å²) in [5.41, 5.74) is 9.93. The van der Waals surface area contributed by atoms with Gasteiger partial charge >= 0.3 is 0 Å². The zero-order valence-corrected chi connectivity index (χ0v) is 16.4. The molecule has 4 rings (SSSR count). The van der Waals surface area contributed by atoms with Gasteiger partial charge in [0.15, 0.2) is 11.6 Å². The van der Waals surface area contributed by atoms with Crippen LogP contribution in [0.4, 0.5) is 5.82 Å². The molecule has 146 valence electrons. The van der Waals surface area contributed by atoms with Crippen LogP contribution in [0.5, 0.6) is 0 Å². The maximum absolute atomic E-state index is 12.2. The second-order valence-electron chi connectivity index (χ2n) is 6.75. The van der Waals surface area contributed by atoms with Crippen LogP contribution in [0.1, 0.15) is 25.5 Å². The van der Waals surface area contributed by atoms with Gasteiger partial charge in [-0.2, -0.15) is 4.31 Å². The van der Waals surface area contributed by atoms with Gasteiger partial charge in [-0.15, -0.1) is 0 Å². The Kier molecular flexibility index (Phi) is 4.86. The molecular weight excluding hydrogens is 376 g/mol. The van der Waals surface area contributed by atoms with Gasteiger partial charge in [0.25, 0.3) is 0 Å². The van der Waals surface area contributed by atoms with Gasteiger partial charge in [0.2, 0.25) is 10.0 Å². The minimum Gasteiger partial charge on any atom is -0.382 e. The van der Waals surface area contributed by atoms with Gasteiger partial charge in [0, 0.05) is 13.1 Å². The average Bonchev–Trinajstić information content (AvgIpc) is 3.12. The SMILES string of the molecule is CCCS(=O)(=O)N1CC=C(c2cnc(N)c(-c3nc4ccccc4[nH]3)n2)CC1. The summed E-state index contributed by atoms with van der Waals surface area (Å²) in [6.07, 6.45) is 4.73. The molecule has 0 saturated heterocycles. The number of aromatic nitrogens is 4. The number of hydrogen-bond donors (Lipinski definition) is 2. The predicted octanol–water partition coefficient (Wildman–Crippen LogP) is 2.43. The lowest BCUT2D eigenvalue weighted by atomic mass is 10.1. The number of nitrogen functional groups attached to an aromatic ring is 1. The number of imidazole rings is 1. The number of nitrogens with two attached hydrogens (primary N) is 1. The number of benzene rings is 1. The number of hydrogen-bond acceptors (Lipinski definition) is 6. The Labute approximate surface area is 163 Å². The van der Waals surface area contributed by atoms with Crippen molar-refractivity contribution in [2.75, 3.05) is 24.6 Å². The van der Waals surface area contributed by atoms with E-state index >= 15 is 0 Å². The highest BCUT2D eigenvalue weighted by Gasteiger charge is 2.24. The smallest absolute Gasteiger partial charge is 0.214 e. The van der Waals surface area contributed by atoms with Crippen LogP contribution < -0.4 is 5.73 Å². The van der Waals surface area contributed by atoms with Crippen molar-refractivity contribution in [3.05, 3.63) is 42.2 Å². The second-order valence-corrected chi connectivity index (χ2v) is 8.83. The van der Waals surface area contributed by atoms with Gasteiger partial charge < -0.3 is 10.7 Å². The van der Waals surface area contributed by atoms with Crippen LogP contribution >= 0.6 is 0 Å². The van der Waals surface area contributed by atoms with Crippen molar-refractivity contribution in [2.24, 2.45) is 0 Å². The van der Waals surface area contributed by atoms with Gasteiger partial charge in [0.05, 0.1) is 28.7 Å². The molecule has 28 heavy (non-hydrogen) atoms. The fourth-order valence-electron chi connectivity index (χ4n) is 3.32. The molecular formula is C19H22N6O2S. The first-order chi connectivity index (χ1) is 13.5. The molecule has 2 aromatic heterocycles. The normalized spacial score (nSPS) is 15.7. The van der Waals surface area contributed by atoms with Crippen LogP contribution in [-0.2, 0) is 10.0 Å². The fourth-order valence-corrected chi connectivity index (χ4v) is 4.76. The Hall–Kier alpha value is -2.78. The summed E-state index contributed by atoms with van der Waals surface area (Å²) < 4.78 is 26.0. The van der Waals surface area contributed by atoms with Crippen molar-refractivity contribution in [1.29, 1.82) is 0 Å². The molecule has 1 aliphatic rings. The lowest BCUT2D eigenvalue weighted by molar-refractivity contribution is 0.440. The van der Waals surface area contributed by atoms with Gasteiger partial charge in [0.1, 0.15) is 5.69 Å². The van der Waals surface area contributed by atoms with Crippen molar-refractivity contribution in [2.45, 2.75) is 19.8 Å². The summed E-state index contributed by atoms with van der Waals surface area (Å²) in [5.74, 6) is 1.04. The number of nitrogens with one attached hydrogen (secondary N) is 1. The molecule has 0 radical (unpaired) electrons. The van der Waals surface area contributed by atoms with E-state index in [1.54, 1.807) is 6.20 Å². The Morgan fingerprint density at radius 2 is 2.07 bits per heavy atom. The molecule has 3 N–H and O–H groups in total. The zero-order chi connectivity index (χ0) is 19.7. The fraction of sp³-hybridized carbons (Fsp3) is 0.316. The Morgan fingerprint density at radius 1 is 1.25 bits per heavy atom. The summed E-state index contributed by atoms with van der Waals surface area (Å²) in [5, 5.41) is 0. The number of rotatable bonds is 5. The molecule has 0 bridgehead atoms. The number of anilines is 1. The van der Waals surface area contributed by atoms with Crippen molar-refractivity contribution in [3.8, 4) is 11.5 Å². The third-order valence-corrected chi connectivity index (χ3v) is 6.81. The highest BCUT2D eigenvalue weighted by Crippen LogP contribution is 2.27. The van der Waals surface area contributed by atoms with Crippen molar-refractivity contribution < 1.29 is 8.42 Å². The van der Waals surface area contributed by atoms with E-state index in [-0.39, 0.29) is 5.75 Å². The van der Waals surface area contributed by atoms with E-state index in [4.69, 9.17) is 5.73 Å². The van der Waals surface area contributed by atoms with E-state index in [1.165, 1.54) is 4.31 Å². The molecule has 1 aromatic carbocycles. The third kappa shape index (κ3) is 3.50. The average molecular weight is 398 g/mol. The maximum atomic E-state index is 12.2. The summed E-state index contributed by atoms with van der Waals surface area (Å²) in [7, 11) is -3.19. The van der Waals surface area contributed by atoms with E-state index in [0.29, 0.717) is 49.0 Å². The molecule has 0 atom stereocenters. The van der Waals surface area contributed by atoms with Crippen LogP contribution in [0.25, 0.3) is 28.1 Å². The van der Waals surface area contributed by atoms with E-state index in [2.05, 4.69) is 19.9 Å². The van der Waals surface area contributed by atoms with Gasteiger partial charge in [-0.1, -0.05) is 25.1 Å². The summed E-state index contributed by atoms with van der Waals surface area (Å²) in [4.78, 5) is 16.7. The van der Waals surface area contributed by atoms with E-state index in [1.807, 2.05) is 37.3 Å².